The molecule has 0 radical (unpaired) electrons. The number of benzene rings is 3. The highest BCUT2D eigenvalue weighted by Gasteiger charge is 2.25. The van der Waals surface area contributed by atoms with E-state index in [0.29, 0.717) is 28.6 Å². The lowest BCUT2D eigenvalue weighted by molar-refractivity contribution is 0.1000. The molecule has 0 unspecified atom stereocenters. The van der Waals surface area contributed by atoms with Crippen molar-refractivity contribution in [2.45, 2.75) is 19.9 Å². The molecule has 2 N–H and O–H groups in total. The van der Waals surface area contributed by atoms with Crippen molar-refractivity contribution in [1.82, 2.24) is 4.57 Å². The van der Waals surface area contributed by atoms with E-state index in [1.165, 1.54) is 0 Å². The first-order valence-corrected chi connectivity index (χ1v) is 10.8. The molecule has 5 heteroatoms. The molecule has 4 rings (SSSR count). The second-order valence-electron chi connectivity index (χ2n) is 7.42. The van der Waals surface area contributed by atoms with Crippen LogP contribution in [-0.4, -0.2) is 10.5 Å². The van der Waals surface area contributed by atoms with Gasteiger partial charge in [-0.1, -0.05) is 89.9 Å². The van der Waals surface area contributed by atoms with Gasteiger partial charge >= 0.3 is 0 Å². The normalized spacial score (nSPS) is 10.9. The van der Waals surface area contributed by atoms with Crippen molar-refractivity contribution in [3.8, 4) is 22.4 Å². The zero-order chi connectivity index (χ0) is 22.0. The molecule has 0 aliphatic rings. The fourth-order valence-corrected chi connectivity index (χ4v) is 4.56. The van der Waals surface area contributed by atoms with Gasteiger partial charge in [-0.15, -0.1) is 0 Å². The van der Waals surface area contributed by atoms with Crippen LogP contribution in [0.25, 0.3) is 22.4 Å². The molecule has 1 amide bonds. The summed E-state index contributed by atoms with van der Waals surface area (Å²) in [7, 11) is 0. The fraction of sp³-hybridized carbons (Fsp3) is 0.115. The molecule has 0 aliphatic heterocycles. The number of primary amides is 1. The predicted molar refractivity (Wildman–Crippen MR) is 129 cm³/mol. The lowest BCUT2D eigenvalue weighted by atomic mass is 9.96. The molecule has 3 nitrogen and oxygen atoms in total. The van der Waals surface area contributed by atoms with E-state index in [1.54, 1.807) is 6.07 Å². The van der Waals surface area contributed by atoms with Crippen molar-refractivity contribution in [2.75, 3.05) is 0 Å². The number of amides is 1. The van der Waals surface area contributed by atoms with Gasteiger partial charge in [-0.05, 0) is 42.2 Å². The Hall–Kier alpha value is -3.01. The maximum Gasteiger partial charge on any atom is 0.251 e. The molecule has 0 fully saturated rings. The minimum Gasteiger partial charge on any atom is -0.366 e. The molecule has 0 saturated carbocycles. The first-order chi connectivity index (χ1) is 15.0. The number of halogens is 2. The van der Waals surface area contributed by atoms with Crippen molar-refractivity contribution < 1.29 is 4.79 Å². The van der Waals surface area contributed by atoms with Crippen molar-refractivity contribution in [2.24, 2.45) is 5.73 Å². The van der Waals surface area contributed by atoms with Gasteiger partial charge in [0.2, 0.25) is 0 Å². The van der Waals surface area contributed by atoms with Gasteiger partial charge in [-0.2, -0.15) is 0 Å². The SMILES string of the molecule is Cc1c(C(N)=O)c(-c2ccccc2)c(-c2ccccc2)n1CCc1ccc(Cl)cc1Cl. The van der Waals surface area contributed by atoms with Crippen LogP contribution in [0.2, 0.25) is 10.0 Å². The molecule has 31 heavy (non-hydrogen) atoms. The highest BCUT2D eigenvalue weighted by molar-refractivity contribution is 6.35. The van der Waals surface area contributed by atoms with Crippen LogP contribution in [0.1, 0.15) is 21.6 Å². The fourth-order valence-electron chi connectivity index (χ4n) is 4.06. The van der Waals surface area contributed by atoms with Gasteiger partial charge in [0.05, 0.1) is 11.3 Å². The number of rotatable bonds is 6. The molecule has 4 aromatic rings. The Morgan fingerprint density at radius 2 is 1.52 bits per heavy atom. The van der Waals surface area contributed by atoms with E-state index >= 15 is 0 Å². The monoisotopic (exact) mass is 448 g/mol. The van der Waals surface area contributed by atoms with Crippen molar-refractivity contribution in [3.05, 3.63) is 106 Å². The molecule has 1 heterocycles. The highest BCUT2D eigenvalue weighted by Crippen LogP contribution is 2.39. The van der Waals surface area contributed by atoms with E-state index in [4.69, 9.17) is 28.9 Å². The Kier molecular flexibility index (Phi) is 6.17. The van der Waals surface area contributed by atoms with Crippen LogP contribution in [-0.2, 0) is 13.0 Å². The first-order valence-electron chi connectivity index (χ1n) is 10.0. The number of nitrogens with zero attached hydrogens (tertiary/aromatic N) is 1. The summed E-state index contributed by atoms with van der Waals surface area (Å²) in [6.07, 6.45) is 0.692. The third-order valence-corrected chi connectivity index (χ3v) is 6.09. The number of aromatic nitrogens is 1. The summed E-state index contributed by atoms with van der Waals surface area (Å²) in [5, 5.41) is 1.25. The molecule has 0 spiro atoms. The van der Waals surface area contributed by atoms with Gasteiger partial charge in [-0.25, -0.2) is 0 Å². The van der Waals surface area contributed by atoms with Gasteiger partial charge < -0.3 is 10.3 Å². The second-order valence-corrected chi connectivity index (χ2v) is 8.26. The van der Waals surface area contributed by atoms with Crippen LogP contribution in [0.4, 0.5) is 0 Å². The molecule has 0 saturated heterocycles. The van der Waals surface area contributed by atoms with E-state index in [-0.39, 0.29) is 0 Å². The zero-order valence-corrected chi connectivity index (χ0v) is 18.6. The number of carbonyl (C=O) groups excluding carboxylic acids is 1. The summed E-state index contributed by atoms with van der Waals surface area (Å²) in [5.74, 6) is -0.434. The Morgan fingerprint density at radius 3 is 2.10 bits per heavy atom. The lowest BCUT2D eigenvalue weighted by Gasteiger charge is -2.14. The van der Waals surface area contributed by atoms with Crippen LogP contribution in [0, 0.1) is 6.92 Å². The largest absolute Gasteiger partial charge is 0.366 e. The van der Waals surface area contributed by atoms with Crippen molar-refractivity contribution >= 4 is 29.1 Å². The number of hydrogen-bond donors (Lipinski definition) is 1. The number of hydrogen-bond acceptors (Lipinski definition) is 1. The third kappa shape index (κ3) is 4.25. The summed E-state index contributed by atoms with van der Waals surface area (Å²) < 4.78 is 2.17. The summed E-state index contributed by atoms with van der Waals surface area (Å²) in [6.45, 7) is 2.59. The summed E-state index contributed by atoms with van der Waals surface area (Å²) in [4.78, 5) is 12.6. The van der Waals surface area contributed by atoms with Crippen LogP contribution < -0.4 is 5.73 Å². The van der Waals surface area contributed by atoms with Gasteiger partial charge in [0.1, 0.15) is 0 Å². The van der Waals surface area contributed by atoms with Gasteiger partial charge in [0, 0.05) is 27.8 Å². The van der Waals surface area contributed by atoms with Gasteiger partial charge in [0.15, 0.2) is 0 Å². The quantitative estimate of drug-likeness (QED) is 0.347. The topological polar surface area (TPSA) is 48.0 Å². The van der Waals surface area contributed by atoms with Crippen LogP contribution in [0.15, 0.2) is 78.9 Å². The molecule has 156 valence electrons. The van der Waals surface area contributed by atoms with E-state index in [1.807, 2.05) is 67.6 Å². The predicted octanol–water partition coefficient (Wildman–Crippen LogP) is 6.78. The Morgan fingerprint density at radius 1 is 0.903 bits per heavy atom. The summed E-state index contributed by atoms with van der Waals surface area (Å²) >= 11 is 12.5. The molecule has 1 aromatic heterocycles. The minimum absolute atomic E-state index is 0.434. The molecule has 0 bridgehead atoms. The molecular weight excluding hydrogens is 427 g/mol. The second kappa shape index (κ2) is 9.01. The standard InChI is InChI=1S/C26H22Cl2N2O/c1-17-23(26(29)31)24(19-8-4-2-5-9-19)25(20-10-6-3-7-11-20)30(17)15-14-18-12-13-21(27)16-22(18)28/h2-13,16H,14-15H2,1H3,(H2,29,31). The smallest absolute Gasteiger partial charge is 0.251 e. The molecule has 3 aromatic carbocycles. The zero-order valence-electron chi connectivity index (χ0n) is 17.1. The summed E-state index contributed by atoms with van der Waals surface area (Å²) in [6, 6.07) is 25.5. The van der Waals surface area contributed by atoms with E-state index < -0.39 is 5.91 Å². The third-order valence-electron chi connectivity index (χ3n) is 5.50. The van der Waals surface area contributed by atoms with Crippen LogP contribution in [0.5, 0.6) is 0 Å². The highest BCUT2D eigenvalue weighted by atomic mass is 35.5. The van der Waals surface area contributed by atoms with E-state index in [9.17, 15) is 4.79 Å². The van der Waals surface area contributed by atoms with Gasteiger partial charge in [-0.3, -0.25) is 4.79 Å². The Bertz CT molecular complexity index is 1230. The van der Waals surface area contributed by atoms with E-state index in [0.717, 1.165) is 33.6 Å². The average molecular weight is 449 g/mol. The van der Waals surface area contributed by atoms with Crippen LogP contribution >= 0.6 is 23.2 Å². The number of nitrogens with two attached hydrogens (primary N) is 1. The van der Waals surface area contributed by atoms with Crippen LogP contribution in [0.3, 0.4) is 0 Å². The average Bonchev–Trinajstić information content (AvgIpc) is 3.07. The Balaban J connectivity index is 1.91. The maximum atomic E-state index is 12.6. The molecular formula is C26H22Cl2N2O. The number of carbonyl (C=O) groups is 1. The van der Waals surface area contributed by atoms with Crippen molar-refractivity contribution in [1.29, 1.82) is 0 Å². The maximum absolute atomic E-state index is 12.6. The lowest BCUT2D eigenvalue weighted by Crippen LogP contribution is -2.14. The van der Waals surface area contributed by atoms with E-state index in [2.05, 4.69) is 16.7 Å². The Labute approximate surface area is 192 Å². The molecule has 0 aliphatic carbocycles. The minimum atomic E-state index is -0.434. The van der Waals surface area contributed by atoms with Crippen molar-refractivity contribution in [3.63, 3.8) is 0 Å². The first kappa shape index (κ1) is 21.2. The summed E-state index contributed by atoms with van der Waals surface area (Å²) in [5.41, 5.74) is 12.1. The molecule has 0 atom stereocenters. The number of aryl methyl sites for hydroxylation is 1. The van der Waals surface area contributed by atoms with Gasteiger partial charge in [0.25, 0.3) is 5.91 Å².